The molecule has 1 aliphatic heterocycles. The zero-order valence-electron chi connectivity index (χ0n) is 9.63. The van der Waals surface area contributed by atoms with Crippen LogP contribution in [0, 0.1) is 0 Å². The van der Waals surface area contributed by atoms with Gasteiger partial charge in [-0.3, -0.25) is 0 Å². The maximum absolute atomic E-state index is 10.0. The third-order valence-electron chi connectivity index (χ3n) is 2.76. The topological polar surface area (TPSA) is 117 Å². The molecule has 1 fully saturated rings. The summed E-state index contributed by atoms with van der Waals surface area (Å²) in [7, 11) is 1.41. The van der Waals surface area contributed by atoms with Gasteiger partial charge in [-0.2, -0.15) is 4.37 Å². The van der Waals surface area contributed by atoms with Gasteiger partial charge >= 0.3 is 0 Å². The van der Waals surface area contributed by atoms with Gasteiger partial charge in [0.1, 0.15) is 30.7 Å². The second-order valence-corrected chi connectivity index (χ2v) is 4.64. The Morgan fingerprint density at radius 1 is 1.50 bits per heavy atom. The summed E-state index contributed by atoms with van der Waals surface area (Å²) in [6, 6.07) is -0.694. The summed E-state index contributed by atoms with van der Waals surface area (Å²) >= 11 is 1.11. The molecule has 0 aliphatic carbocycles. The molecule has 102 valence electrons. The van der Waals surface area contributed by atoms with Gasteiger partial charge in [-0.05, 0) is 0 Å². The zero-order chi connectivity index (χ0) is 13.1. The highest BCUT2D eigenvalue weighted by molar-refractivity contribution is 7.09. The van der Waals surface area contributed by atoms with Crippen LogP contribution in [0.5, 0.6) is 0 Å². The van der Waals surface area contributed by atoms with E-state index in [0.717, 1.165) is 11.5 Å². The SMILES string of the molecule is CO[C@@H]1O[C@H](CO)[C@H](O)[C@H](O)[C@H]1Nc1ncns1. The summed E-state index contributed by atoms with van der Waals surface area (Å²) in [6.45, 7) is -0.399. The van der Waals surface area contributed by atoms with Crippen molar-refractivity contribution in [3.05, 3.63) is 6.33 Å². The van der Waals surface area contributed by atoms with Crippen molar-refractivity contribution >= 4 is 16.7 Å². The van der Waals surface area contributed by atoms with Gasteiger partial charge in [-0.1, -0.05) is 0 Å². The monoisotopic (exact) mass is 277 g/mol. The molecule has 0 spiro atoms. The number of methoxy groups -OCH3 is 1. The van der Waals surface area contributed by atoms with Gasteiger partial charge in [0, 0.05) is 18.6 Å². The van der Waals surface area contributed by atoms with E-state index < -0.39 is 37.3 Å². The average molecular weight is 277 g/mol. The van der Waals surface area contributed by atoms with E-state index >= 15 is 0 Å². The van der Waals surface area contributed by atoms with E-state index in [1.807, 2.05) is 0 Å². The summed E-state index contributed by atoms with van der Waals surface area (Å²) in [5.41, 5.74) is 0. The Labute approximate surface area is 107 Å². The minimum Gasteiger partial charge on any atom is -0.394 e. The Balaban J connectivity index is 2.11. The number of hydrogen-bond donors (Lipinski definition) is 4. The van der Waals surface area contributed by atoms with E-state index in [-0.39, 0.29) is 0 Å². The molecular formula is C9H15N3O5S. The van der Waals surface area contributed by atoms with Gasteiger partial charge in [0.15, 0.2) is 6.29 Å². The summed E-state index contributed by atoms with van der Waals surface area (Å²) < 4.78 is 14.2. The first-order valence-corrected chi connectivity index (χ1v) is 6.13. The fourth-order valence-electron chi connectivity index (χ4n) is 1.82. The molecule has 9 heteroatoms. The molecule has 0 aromatic carbocycles. The van der Waals surface area contributed by atoms with Gasteiger partial charge in [0.05, 0.1) is 6.61 Å². The quantitative estimate of drug-likeness (QED) is 0.520. The minimum absolute atomic E-state index is 0.399. The third kappa shape index (κ3) is 2.60. The lowest BCUT2D eigenvalue weighted by atomic mass is 9.97. The standard InChI is InChI=1S/C9H15N3O5S/c1-16-8-5(12-9-10-3-11-18-9)7(15)6(14)4(2-13)17-8/h3-8,13-15H,2H2,1H3,(H,10,11,12)/t4-,5-,6+,7-,8-/m1/s1. The predicted octanol–water partition coefficient (Wildman–Crippen LogP) is -1.60. The van der Waals surface area contributed by atoms with E-state index in [1.54, 1.807) is 0 Å². The van der Waals surface area contributed by atoms with Crippen LogP contribution in [0.25, 0.3) is 0 Å². The van der Waals surface area contributed by atoms with Crippen LogP contribution in [-0.2, 0) is 9.47 Å². The number of hydrogen-bond acceptors (Lipinski definition) is 9. The Morgan fingerprint density at radius 2 is 2.28 bits per heavy atom. The number of nitrogens with one attached hydrogen (secondary N) is 1. The van der Waals surface area contributed by atoms with Crippen molar-refractivity contribution in [3.63, 3.8) is 0 Å². The molecule has 2 rings (SSSR count). The van der Waals surface area contributed by atoms with Crippen LogP contribution in [0.1, 0.15) is 0 Å². The molecule has 1 aromatic rings. The predicted molar refractivity (Wildman–Crippen MR) is 62.1 cm³/mol. The van der Waals surface area contributed by atoms with Gasteiger partial charge in [-0.15, -0.1) is 0 Å². The molecule has 0 radical (unpaired) electrons. The Kier molecular flexibility index (Phi) is 4.43. The van der Waals surface area contributed by atoms with Gasteiger partial charge in [-0.25, -0.2) is 4.98 Å². The maximum Gasteiger partial charge on any atom is 0.202 e. The van der Waals surface area contributed by atoms with Crippen LogP contribution < -0.4 is 5.32 Å². The molecule has 1 saturated heterocycles. The average Bonchev–Trinajstić information content (AvgIpc) is 2.88. The fourth-order valence-corrected chi connectivity index (χ4v) is 2.29. The van der Waals surface area contributed by atoms with Gasteiger partial charge < -0.3 is 30.1 Å². The first-order chi connectivity index (χ1) is 8.67. The zero-order valence-corrected chi connectivity index (χ0v) is 10.4. The third-order valence-corrected chi connectivity index (χ3v) is 3.36. The Morgan fingerprint density at radius 3 is 2.83 bits per heavy atom. The van der Waals surface area contributed by atoms with Crippen LogP contribution in [-0.4, -0.2) is 69.0 Å². The number of nitrogens with zero attached hydrogens (tertiary/aromatic N) is 2. The molecule has 0 saturated carbocycles. The molecule has 18 heavy (non-hydrogen) atoms. The number of aromatic nitrogens is 2. The maximum atomic E-state index is 10.0. The summed E-state index contributed by atoms with van der Waals surface area (Å²) in [6.07, 6.45) is -2.66. The second kappa shape index (κ2) is 5.87. The van der Waals surface area contributed by atoms with E-state index in [4.69, 9.17) is 14.6 Å². The molecular weight excluding hydrogens is 262 g/mol. The second-order valence-electron chi connectivity index (χ2n) is 3.86. The van der Waals surface area contributed by atoms with E-state index in [2.05, 4.69) is 14.7 Å². The van der Waals surface area contributed by atoms with Crippen LogP contribution in [0.4, 0.5) is 5.13 Å². The number of ether oxygens (including phenoxy) is 2. The number of rotatable bonds is 4. The largest absolute Gasteiger partial charge is 0.394 e. The minimum atomic E-state index is -1.20. The molecule has 4 N–H and O–H groups in total. The normalized spacial score (nSPS) is 36.6. The molecule has 0 bridgehead atoms. The summed E-state index contributed by atoms with van der Waals surface area (Å²) in [4.78, 5) is 3.92. The highest BCUT2D eigenvalue weighted by Gasteiger charge is 2.44. The Hall–Kier alpha value is -0.840. The first kappa shape index (κ1) is 13.6. The van der Waals surface area contributed by atoms with Crippen LogP contribution >= 0.6 is 11.5 Å². The smallest absolute Gasteiger partial charge is 0.202 e. The van der Waals surface area contributed by atoms with Crippen LogP contribution in [0.2, 0.25) is 0 Å². The molecule has 2 heterocycles. The van der Waals surface area contributed by atoms with Crippen molar-refractivity contribution in [1.29, 1.82) is 0 Å². The van der Waals surface area contributed by atoms with Crippen molar-refractivity contribution in [2.45, 2.75) is 30.6 Å². The highest BCUT2D eigenvalue weighted by Crippen LogP contribution is 2.24. The number of anilines is 1. The number of aliphatic hydroxyl groups is 3. The summed E-state index contributed by atoms with van der Waals surface area (Å²) in [5.74, 6) is 0. The van der Waals surface area contributed by atoms with Crippen molar-refractivity contribution in [1.82, 2.24) is 9.36 Å². The Bertz CT molecular complexity index is 363. The van der Waals surface area contributed by atoms with Crippen molar-refractivity contribution in [2.24, 2.45) is 0 Å². The molecule has 0 unspecified atom stereocenters. The molecule has 5 atom stereocenters. The molecule has 8 nitrogen and oxygen atoms in total. The van der Waals surface area contributed by atoms with Crippen molar-refractivity contribution in [3.8, 4) is 0 Å². The fraction of sp³-hybridized carbons (Fsp3) is 0.778. The number of aliphatic hydroxyl groups excluding tert-OH is 3. The lowest BCUT2D eigenvalue weighted by Crippen LogP contribution is -2.61. The van der Waals surface area contributed by atoms with Crippen LogP contribution in [0.3, 0.4) is 0 Å². The van der Waals surface area contributed by atoms with E-state index in [0.29, 0.717) is 5.13 Å². The van der Waals surface area contributed by atoms with Crippen molar-refractivity contribution < 1.29 is 24.8 Å². The first-order valence-electron chi connectivity index (χ1n) is 5.35. The lowest BCUT2D eigenvalue weighted by molar-refractivity contribution is -0.254. The highest BCUT2D eigenvalue weighted by atomic mass is 32.1. The molecule has 1 aromatic heterocycles. The molecule has 1 aliphatic rings. The lowest BCUT2D eigenvalue weighted by Gasteiger charge is -2.41. The van der Waals surface area contributed by atoms with Crippen molar-refractivity contribution in [2.75, 3.05) is 19.0 Å². The summed E-state index contributed by atoms with van der Waals surface area (Å²) in [5, 5.41) is 32.2. The van der Waals surface area contributed by atoms with Gasteiger partial charge in [0.2, 0.25) is 5.13 Å². The molecule has 0 amide bonds. The van der Waals surface area contributed by atoms with E-state index in [9.17, 15) is 10.2 Å². The van der Waals surface area contributed by atoms with E-state index in [1.165, 1.54) is 13.4 Å². The van der Waals surface area contributed by atoms with Gasteiger partial charge in [0.25, 0.3) is 0 Å². The van der Waals surface area contributed by atoms with Crippen LogP contribution in [0.15, 0.2) is 6.33 Å².